The summed E-state index contributed by atoms with van der Waals surface area (Å²) in [6.07, 6.45) is 3.60. The summed E-state index contributed by atoms with van der Waals surface area (Å²) in [5.74, 6) is 0.408. The molecule has 0 atom stereocenters. The van der Waals surface area contributed by atoms with E-state index in [2.05, 4.69) is 201 Å². The summed E-state index contributed by atoms with van der Waals surface area (Å²) in [6, 6.07) is 45.8. The lowest BCUT2D eigenvalue weighted by Gasteiger charge is -2.44. The van der Waals surface area contributed by atoms with Crippen LogP contribution in [0.4, 0.5) is 34.1 Å². The van der Waals surface area contributed by atoms with Crippen LogP contribution in [-0.4, -0.2) is 6.71 Å². The van der Waals surface area contributed by atoms with E-state index in [9.17, 15) is 0 Å². The van der Waals surface area contributed by atoms with Crippen LogP contribution in [0.15, 0.2) is 115 Å². The van der Waals surface area contributed by atoms with Gasteiger partial charge in [-0.3, -0.25) is 0 Å². The fourth-order valence-electron chi connectivity index (χ4n) is 10.1. The van der Waals surface area contributed by atoms with Gasteiger partial charge in [0.25, 0.3) is 6.71 Å². The molecule has 6 aromatic carbocycles. The van der Waals surface area contributed by atoms with Crippen molar-refractivity contribution < 1.29 is 0 Å². The smallest absolute Gasteiger partial charge is 0.264 e. The van der Waals surface area contributed by atoms with Gasteiger partial charge in [-0.15, -0.1) is 11.3 Å². The van der Waals surface area contributed by atoms with Crippen molar-refractivity contribution in [1.82, 2.24) is 0 Å². The van der Waals surface area contributed by atoms with Gasteiger partial charge < -0.3 is 9.80 Å². The standard InChI is InChI=1S/C56H59BN2S/c1-34(2)36-20-27-47-45(31-36)57-51-48(58(42-25-21-39(22-26-42)54(3,4)5)52-44-33-41(56(9,10)11)24-29-50(44)60-53(52)57)16-13-17-49(51)59(47)46-28-23-40(55(6,7)8)32-43(46)38-19-18-35-14-12-15-37(35)30-38/h13,16-34H,12,14-15H2,1-11H3. The highest BCUT2D eigenvalue weighted by molar-refractivity contribution is 7.33. The molecule has 0 bridgehead atoms. The predicted molar refractivity (Wildman–Crippen MR) is 263 cm³/mol. The first kappa shape index (κ1) is 39.1. The van der Waals surface area contributed by atoms with Gasteiger partial charge in [-0.1, -0.05) is 137 Å². The van der Waals surface area contributed by atoms with Crippen LogP contribution in [0.2, 0.25) is 0 Å². The van der Waals surface area contributed by atoms with Gasteiger partial charge in [0.2, 0.25) is 0 Å². The highest BCUT2D eigenvalue weighted by atomic mass is 32.1. The van der Waals surface area contributed by atoms with E-state index in [1.165, 1.54) is 117 Å². The molecule has 0 unspecified atom stereocenters. The Hall–Kier alpha value is -5.06. The lowest BCUT2D eigenvalue weighted by atomic mass is 9.36. The minimum Gasteiger partial charge on any atom is -0.311 e. The Morgan fingerprint density at radius 3 is 1.90 bits per heavy atom. The van der Waals surface area contributed by atoms with Crippen LogP contribution in [-0.2, 0) is 29.1 Å². The molecule has 1 aliphatic carbocycles. The molecule has 4 heteroatoms. The molecule has 0 radical (unpaired) electrons. The molecule has 60 heavy (non-hydrogen) atoms. The van der Waals surface area contributed by atoms with Gasteiger partial charge in [-0.2, -0.15) is 0 Å². The SMILES string of the molecule is CC(C)c1ccc2c(c1)B1c3sc4ccc(C(C)(C)C)cc4c3N(c3ccc(C(C)(C)C)cc3)c3cccc(c31)N2c1ccc(C(C)(C)C)cc1-c1ccc2c(c1)CCC2. The van der Waals surface area contributed by atoms with Gasteiger partial charge in [0.1, 0.15) is 0 Å². The minimum atomic E-state index is 0.0143. The second-order valence-corrected chi connectivity index (χ2v) is 22.3. The summed E-state index contributed by atoms with van der Waals surface area (Å²) in [7, 11) is 0. The van der Waals surface area contributed by atoms with E-state index >= 15 is 0 Å². The van der Waals surface area contributed by atoms with E-state index in [0.717, 1.165) is 6.42 Å². The quantitative estimate of drug-likeness (QED) is 0.164. The zero-order chi connectivity index (χ0) is 42.0. The summed E-state index contributed by atoms with van der Waals surface area (Å²) in [5, 5.41) is 1.35. The minimum absolute atomic E-state index is 0.0143. The monoisotopic (exact) mass is 802 g/mol. The fourth-order valence-corrected chi connectivity index (χ4v) is 11.4. The maximum absolute atomic E-state index is 2.63. The van der Waals surface area contributed by atoms with Crippen LogP contribution in [0.5, 0.6) is 0 Å². The molecule has 0 spiro atoms. The average molecular weight is 803 g/mol. The van der Waals surface area contributed by atoms with E-state index in [0.29, 0.717) is 5.92 Å². The molecule has 2 aliphatic heterocycles. The molecular formula is C56H59BN2S. The van der Waals surface area contributed by atoms with Gasteiger partial charge in [-0.05, 0) is 146 Å². The Labute approximate surface area is 363 Å². The molecule has 3 heterocycles. The predicted octanol–water partition coefficient (Wildman–Crippen LogP) is 14.2. The molecule has 1 aromatic heterocycles. The molecule has 2 nitrogen and oxygen atoms in total. The number of hydrogen-bond acceptors (Lipinski definition) is 3. The number of rotatable bonds is 4. The molecule has 0 fully saturated rings. The van der Waals surface area contributed by atoms with Crippen molar-refractivity contribution in [3.8, 4) is 11.1 Å². The first-order chi connectivity index (χ1) is 28.5. The zero-order valence-corrected chi connectivity index (χ0v) is 38.4. The first-order valence-corrected chi connectivity index (χ1v) is 23.1. The Morgan fingerprint density at radius 2 is 1.20 bits per heavy atom. The average Bonchev–Trinajstić information content (AvgIpc) is 3.84. The van der Waals surface area contributed by atoms with Crippen LogP contribution in [0.25, 0.3) is 21.2 Å². The Morgan fingerprint density at radius 1 is 0.567 bits per heavy atom. The van der Waals surface area contributed by atoms with Gasteiger partial charge >= 0.3 is 0 Å². The second kappa shape index (κ2) is 13.7. The van der Waals surface area contributed by atoms with E-state index in [-0.39, 0.29) is 23.0 Å². The van der Waals surface area contributed by atoms with Crippen molar-refractivity contribution >= 4 is 78.0 Å². The third-order valence-electron chi connectivity index (χ3n) is 13.6. The third kappa shape index (κ3) is 6.27. The molecular weight excluding hydrogens is 744 g/mol. The van der Waals surface area contributed by atoms with E-state index in [1.807, 2.05) is 11.3 Å². The normalized spacial score (nSPS) is 14.8. The number of thiophene rings is 1. The van der Waals surface area contributed by atoms with Gasteiger partial charge in [0.05, 0.1) is 11.4 Å². The third-order valence-corrected chi connectivity index (χ3v) is 14.9. The van der Waals surface area contributed by atoms with Crippen molar-refractivity contribution in [2.75, 3.05) is 9.80 Å². The maximum Gasteiger partial charge on any atom is 0.264 e. The number of hydrogen-bond donors (Lipinski definition) is 0. The van der Waals surface area contributed by atoms with E-state index < -0.39 is 0 Å². The van der Waals surface area contributed by atoms with Gasteiger partial charge in [-0.25, -0.2) is 0 Å². The molecule has 0 amide bonds. The molecule has 302 valence electrons. The number of benzene rings is 6. The molecule has 0 saturated heterocycles. The van der Waals surface area contributed by atoms with Crippen molar-refractivity contribution in [2.24, 2.45) is 0 Å². The fraction of sp³-hybridized carbons (Fsp3) is 0.321. The Balaban J connectivity index is 1.28. The zero-order valence-electron chi connectivity index (χ0n) is 37.5. The highest BCUT2D eigenvalue weighted by Crippen LogP contribution is 2.50. The Bertz CT molecular complexity index is 2840. The molecule has 10 rings (SSSR count). The van der Waals surface area contributed by atoms with Crippen molar-refractivity contribution in [3.05, 3.63) is 149 Å². The van der Waals surface area contributed by atoms with Gasteiger partial charge in [0.15, 0.2) is 0 Å². The van der Waals surface area contributed by atoms with Crippen LogP contribution in [0, 0.1) is 0 Å². The Kier molecular flexibility index (Phi) is 8.95. The van der Waals surface area contributed by atoms with E-state index in [1.54, 1.807) is 0 Å². The number of nitrogens with zero attached hydrogens (tertiary/aromatic N) is 2. The van der Waals surface area contributed by atoms with Crippen LogP contribution >= 0.6 is 11.3 Å². The topological polar surface area (TPSA) is 6.48 Å². The largest absolute Gasteiger partial charge is 0.311 e. The lowest BCUT2D eigenvalue weighted by molar-refractivity contribution is 0.590. The van der Waals surface area contributed by atoms with Crippen molar-refractivity contribution in [3.63, 3.8) is 0 Å². The number of aryl methyl sites for hydroxylation is 2. The van der Waals surface area contributed by atoms with Crippen molar-refractivity contribution in [1.29, 1.82) is 0 Å². The second-order valence-electron chi connectivity index (χ2n) is 21.2. The summed E-state index contributed by atoms with van der Waals surface area (Å²) in [4.78, 5) is 5.24. The molecule has 7 aromatic rings. The van der Waals surface area contributed by atoms with Crippen LogP contribution < -0.4 is 25.5 Å². The first-order valence-electron chi connectivity index (χ1n) is 22.3. The summed E-state index contributed by atoms with van der Waals surface area (Å²) in [6.45, 7) is 25.7. The number of anilines is 6. The summed E-state index contributed by atoms with van der Waals surface area (Å²) < 4.78 is 2.78. The maximum atomic E-state index is 2.63. The molecule has 0 N–H and O–H groups in total. The molecule has 0 saturated carbocycles. The summed E-state index contributed by atoms with van der Waals surface area (Å²) >= 11 is 1.99. The van der Waals surface area contributed by atoms with Crippen LogP contribution in [0.1, 0.15) is 122 Å². The van der Waals surface area contributed by atoms with E-state index in [4.69, 9.17) is 0 Å². The van der Waals surface area contributed by atoms with Gasteiger partial charge in [0, 0.05) is 43.2 Å². The summed E-state index contributed by atoms with van der Waals surface area (Å²) in [5.41, 5.74) is 21.6. The lowest BCUT2D eigenvalue weighted by Crippen LogP contribution is -2.60. The van der Waals surface area contributed by atoms with Crippen LogP contribution in [0.3, 0.4) is 0 Å². The highest BCUT2D eigenvalue weighted by Gasteiger charge is 2.45. The number of fused-ring (bicyclic) bond motifs is 7. The molecule has 3 aliphatic rings. The van der Waals surface area contributed by atoms with Crippen molar-refractivity contribution in [2.45, 2.75) is 118 Å².